The highest BCUT2D eigenvalue weighted by Crippen LogP contribution is 2.21. The Balaban J connectivity index is 1.37. The zero-order chi connectivity index (χ0) is 17.2. The molecule has 0 aliphatic heterocycles. The Morgan fingerprint density at radius 3 is 2.84 bits per heavy atom. The Kier molecular flexibility index (Phi) is 4.24. The van der Waals surface area contributed by atoms with Crippen LogP contribution in [0.15, 0.2) is 54.6 Å². The highest BCUT2D eigenvalue weighted by Gasteiger charge is 2.11. The van der Waals surface area contributed by atoms with E-state index in [-0.39, 0.29) is 5.91 Å². The van der Waals surface area contributed by atoms with Gasteiger partial charge in [-0.2, -0.15) is 0 Å². The maximum absolute atomic E-state index is 12.3. The van der Waals surface area contributed by atoms with Crippen LogP contribution in [0.1, 0.15) is 21.9 Å². The van der Waals surface area contributed by atoms with Crippen LogP contribution in [0.3, 0.4) is 0 Å². The number of nitrogens with one attached hydrogen (secondary N) is 1. The van der Waals surface area contributed by atoms with Crippen LogP contribution in [-0.4, -0.2) is 22.0 Å². The molecule has 0 saturated heterocycles. The molecular formula is C20H19N3OS. The molecule has 0 atom stereocenters. The lowest BCUT2D eigenvalue weighted by Gasteiger charge is -2.08. The minimum absolute atomic E-state index is 0.0877. The number of rotatable bonds is 5. The van der Waals surface area contributed by atoms with E-state index in [0.717, 1.165) is 23.2 Å². The van der Waals surface area contributed by atoms with Crippen molar-refractivity contribution in [2.75, 3.05) is 6.54 Å². The summed E-state index contributed by atoms with van der Waals surface area (Å²) in [7, 11) is 0. The largest absolute Gasteiger partial charge is 0.350 e. The highest BCUT2D eigenvalue weighted by atomic mass is 32.1. The van der Waals surface area contributed by atoms with Crippen molar-refractivity contribution in [2.45, 2.75) is 19.9 Å². The molecule has 0 saturated carbocycles. The van der Waals surface area contributed by atoms with Crippen LogP contribution in [0.4, 0.5) is 0 Å². The Morgan fingerprint density at radius 1 is 1.16 bits per heavy atom. The van der Waals surface area contributed by atoms with Gasteiger partial charge >= 0.3 is 0 Å². The summed E-state index contributed by atoms with van der Waals surface area (Å²) in [6, 6.07) is 18.4. The molecule has 0 bridgehead atoms. The maximum atomic E-state index is 12.3. The number of aryl methyl sites for hydroxylation is 2. The van der Waals surface area contributed by atoms with E-state index < -0.39 is 0 Å². The molecule has 4 nitrogen and oxygen atoms in total. The first kappa shape index (κ1) is 15.8. The summed E-state index contributed by atoms with van der Waals surface area (Å²) >= 11 is 1.44. The van der Waals surface area contributed by atoms with Crippen LogP contribution >= 0.6 is 11.3 Å². The highest BCUT2D eigenvalue weighted by molar-refractivity contribution is 7.20. The summed E-state index contributed by atoms with van der Waals surface area (Å²) in [6.07, 6.45) is 0.885. The van der Waals surface area contributed by atoms with Gasteiger partial charge in [-0.05, 0) is 43.0 Å². The molecule has 25 heavy (non-hydrogen) atoms. The number of amides is 1. The molecule has 0 spiro atoms. The van der Waals surface area contributed by atoms with Crippen molar-refractivity contribution in [3.63, 3.8) is 0 Å². The van der Waals surface area contributed by atoms with E-state index in [9.17, 15) is 4.79 Å². The number of carbonyl (C=O) groups is 1. The summed E-state index contributed by atoms with van der Waals surface area (Å²) < 4.78 is 3.35. The summed E-state index contributed by atoms with van der Waals surface area (Å²) in [5, 5.41) is 4.78. The SMILES string of the molecule is Cc1cc2ccccc2n1CCCNC(=O)c1nc2ccccc2s1. The second kappa shape index (κ2) is 6.69. The molecule has 126 valence electrons. The molecule has 0 unspecified atom stereocenters. The number of benzene rings is 2. The van der Waals surface area contributed by atoms with Crippen LogP contribution in [0.25, 0.3) is 21.1 Å². The molecule has 0 fully saturated rings. The van der Waals surface area contributed by atoms with Crippen LogP contribution in [0.5, 0.6) is 0 Å². The molecule has 0 radical (unpaired) electrons. The van der Waals surface area contributed by atoms with Crippen molar-refractivity contribution in [3.05, 3.63) is 65.3 Å². The fourth-order valence-electron chi connectivity index (χ4n) is 3.13. The molecule has 5 heteroatoms. The zero-order valence-corrected chi connectivity index (χ0v) is 14.8. The molecule has 2 aromatic heterocycles. The van der Waals surface area contributed by atoms with Crippen molar-refractivity contribution in [3.8, 4) is 0 Å². The fourth-order valence-corrected chi connectivity index (χ4v) is 4.01. The van der Waals surface area contributed by atoms with Gasteiger partial charge in [0.2, 0.25) is 0 Å². The first-order chi connectivity index (χ1) is 12.2. The Bertz CT molecular complexity index is 1010. The van der Waals surface area contributed by atoms with Crippen LogP contribution in [-0.2, 0) is 6.54 Å². The first-order valence-electron chi connectivity index (χ1n) is 8.41. The minimum atomic E-state index is -0.0877. The number of aromatic nitrogens is 2. The lowest BCUT2D eigenvalue weighted by molar-refractivity contribution is 0.0952. The molecule has 2 heterocycles. The average molecular weight is 349 g/mol. The number of hydrogen-bond acceptors (Lipinski definition) is 3. The standard InChI is InChI=1S/C20H19N3OS/c1-14-13-15-7-2-4-9-17(15)23(14)12-6-11-21-19(24)20-22-16-8-3-5-10-18(16)25-20/h2-5,7-10,13H,6,11-12H2,1H3,(H,21,24). The average Bonchev–Trinajstić information content (AvgIpc) is 3.19. The smallest absolute Gasteiger partial charge is 0.280 e. The predicted molar refractivity (Wildman–Crippen MR) is 103 cm³/mol. The van der Waals surface area contributed by atoms with Crippen molar-refractivity contribution in [1.82, 2.24) is 14.9 Å². The van der Waals surface area contributed by atoms with Gasteiger partial charge in [-0.15, -0.1) is 11.3 Å². The van der Waals surface area contributed by atoms with Crippen molar-refractivity contribution in [1.29, 1.82) is 0 Å². The van der Waals surface area contributed by atoms with Gasteiger partial charge in [-0.25, -0.2) is 4.98 Å². The quantitative estimate of drug-likeness (QED) is 0.544. The van der Waals surface area contributed by atoms with E-state index in [2.05, 4.69) is 52.1 Å². The number of carbonyl (C=O) groups excluding carboxylic acids is 1. The van der Waals surface area contributed by atoms with E-state index in [0.29, 0.717) is 11.6 Å². The number of nitrogens with zero attached hydrogens (tertiary/aromatic N) is 2. The van der Waals surface area contributed by atoms with Gasteiger partial charge in [-0.1, -0.05) is 30.3 Å². The third-order valence-electron chi connectivity index (χ3n) is 4.35. The topological polar surface area (TPSA) is 46.9 Å². The Morgan fingerprint density at radius 2 is 1.96 bits per heavy atom. The molecule has 2 aromatic carbocycles. The maximum Gasteiger partial charge on any atom is 0.280 e. The number of thiazole rings is 1. The molecule has 0 aliphatic carbocycles. The summed E-state index contributed by atoms with van der Waals surface area (Å²) in [5.41, 5.74) is 3.38. The van der Waals surface area contributed by atoms with E-state index >= 15 is 0 Å². The predicted octanol–water partition coefficient (Wildman–Crippen LogP) is 4.38. The van der Waals surface area contributed by atoms with Gasteiger partial charge in [0.1, 0.15) is 0 Å². The molecule has 1 amide bonds. The second-order valence-electron chi connectivity index (χ2n) is 6.09. The number of hydrogen-bond donors (Lipinski definition) is 1. The van der Waals surface area contributed by atoms with E-state index in [1.54, 1.807) is 0 Å². The van der Waals surface area contributed by atoms with Crippen molar-refractivity contribution in [2.24, 2.45) is 0 Å². The van der Waals surface area contributed by atoms with Gasteiger partial charge in [0.05, 0.1) is 10.2 Å². The molecular weight excluding hydrogens is 330 g/mol. The minimum Gasteiger partial charge on any atom is -0.350 e. The molecule has 4 aromatic rings. The van der Waals surface area contributed by atoms with Crippen LogP contribution in [0, 0.1) is 6.92 Å². The first-order valence-corrected chi connectivity index (χ1v) is 9.23. The Hall–Kier alpha value is -2.66. The fraction of sp³-hybridized carbons (Fsp3) is 0.200. The lowest BCUT2D eigenvalue weighted by Crippen LogP contribution is -2.25. The van der Waals surface area contributed by atoms with Gasteiger partial charge in [-0.3, -0.25) is 4.79 Å². The van der Waals surface area contributed by atoms with Gasteiger partial charge in [0, 0.05) is 24.3 Å². The second-order valence-corrected chi connectivity index (χ2v) is 7.12. The van der Waals surface area contributed by atoms with Crippen molar-refractivity contribution >= 4 is 38.4 Å². The van der Waals surface area contributed by atoms with E-state index in [1.165, 1.54) is 27.9 Å². The normalized spacial score (nSPS) is 11.2. The molecule has 1 N–H and O–H groups in total. The summed E-state index contributed by atoms with van der Waals surface area (Å²) in [4.78, 5) is 16.7. The van der Waals surface area contributed by atoms with E-state index in [4.69, 9.17) is 0 Å². The van der Waals surface area contributed by atoms with Crippen molar-refractivity contribution < 1.29 is 4.79 Å². The van der Waals surface area contributed by atoms with Gasteiger partial charge in [0.15, 0.2) is 5.01 Å². The third-order valence-corrected chi connectivity index (χ3v) is 5.39. The number of fused-ring (bicyclic) bond motifs is 2. The third kappa shape index (κ3) is 3.15. The van der Waals surface area contributed by atoms with Gasteiger partial charge in [0.25, 0.3) is 5.91 Å². The summed E-state index contributed by atoms with van der Waals surface area (Å²) in [5.74, 6) is -0.0877. The Labute approximate surface area is 150 Å². The van der Waals surface area contributed by atoms with Gasteiger partial charge < -0.3 is 9.88 Å². The van der Waals surface area contributed by atoms with Crippen LogP contribution in [0.2, 0.25) is 0 Å². The summed E-state index contributed by atoms with van der Waals surface area (Å²) in [6.45, 7) is 3.65. The molecule has 0 aliphatic rings. The zero-order valence-electron chi connectivity index (χ0n) is 14.0. The van der Waals surface area contributed by atoms with Crippen LogP contribution < -0.4 is 5.32 Å². The van der Waals surface area contributed by atoms with E-state index in [1.807, 2.05) is 24.3 Å². The molecule has 4 rings (SSSR count). The number of para-hydroxylation sites is 2. The lowest BCUT2D eigenvalue weighted by atomic mass is 10.2. The monoisotopic (exact) mass is 349 g/mol.